The number of methoxy groups -OCH3 is 1. The molecular formula is C15H25NOS. The average molecular weight is 267 g/mol. The lowest BCUT2D eigenvalue weighted by atomic mass is 10.1. The van der Waals surface area contributed by atoms with Crippen molar-refractivity contribution in [1.29, 1.82) is 0 Å². The van der Waals surface area contributed by atoms with Crippen LogP contribution in [0.5, 0.6) is 0 Å². The van der Waals surface area contributed by atoms with Crippen molar-refractivity contribution in [2.24, 2.45) is 0 Å². The van der Waals surface area contributed by atoms with Gasteiger partial charge in [0, 0.05) is 13.7 Å². The second-order valence-corrected chi connectivity index (χ2v) is 5.47. The van der Waals surface area contributed by atoms with E-state index in [1.807, 2.05) is 11.8 Å². The van der Waals surface area contributed by atoms with Crippen molar-refractivity contribution < 1.29 is 4.74 Å². The van der Waals surface area contributed by atoms with Crippen LogP contribution >= 0.6 is 11.8 Å². The number of nitrogens with one attached hydrogen (secondary N) is 1. The van der Waals surface area contributed by atoms with Crippen LogP contribution in [0.1, 0.15) is 30.4 Å². The Morgan fingerprint density at radius 3 is 2.78 bits per heavy atom. The van der Waals surface area contributed by atoms with Gasteiger partial charge < -0.3 is 10.1 Å². The van der Waals surface area contributed by atoms with Crippen LogP contribution in [0.3, 0.4) is 0 Å². The molecule has 0 saturated carbocycles. The first-order valence-corrected chi connectivity index (χ1v) is 8.02. The molecule has 0 atom stereocenters. The van der Waals surface area contributed by atoms with Crippen LogP contribution in [0.2, 0.25) is 0 Å². The molecular weight excluding hydrogens is 242 g/mol. The molecule has 0 aliphatic heterocycles. The molecule has 0 aliphatic rings. The Morgan fingerprint density at radius 2 is 2.00 bits per heavy atom. The highest BCUT2D eigenvalue weighted by molar-refractivity contribution is 7.98. The Bertz CT molecular complexity index is 317. The first kappa shape index (κ1) is 15.5. The smallest absolute Gasteiger partial charge is 0.0713 e. The van der Waals surface area contributed by atoms with Gasteiger partial charge in [-0.15, -0.1) is 0 Å². The summed E-state index contributed by atoms with van der Waals surface area (Å²) in [5.41, 5.74) is 2.59. The Balaban J connectivity index is 2.13. The zero-order valence-electron chi connectivity index (χ0n) is 11.6. The van der Waals surface area contributed by atoms with E-state index in [0.29, 0.717) is 6.61 Å². The van der Waals surface area contributed by atoms with E-state index < -0.39 is 0 Å². The van der Waals surface area contributed by atoms with Gasteiger partial charge in [0.1, 0.15) is 0 Å². The maximum atomic E-state index is 5.14. The van der Waals surface area contributed by atoms with Crippen molar-refractivity contribution in [2.75, 3.05) is 25.7 Å². The molecule has 0 aliphatic carbocycles. The maximum Gasteiger partial charge on any atom is 0.0713 e. The van der Waals surface area contributed by atoms with Crippen LogP contribution < -0.4 is 5.32 Å². The molecule has 102 valence electrons. The predicted octanol–water partition coefficient (Wildman–Crippen LogP) is 3.46. The summed E-state index contributed by atoms with van der Waals surface area (Å²) >= 11 is 1.94. The van der Waals surface area contributed by atoms with Crippen molar-refractivity contribution >= 4 is 11.8 Å². The van der Waals surface area contributed by atoms with E-state index in [-0.39, 0.29) is 0 Å². The van der Waals surface area contributed by atoms with E-state index in [4.69, 9.17) is 4.74 Å². The highest BCUT2D eigenvalue weighted by Crippen LogP contribution is 2.06. The fraction of sp³-hybridized carbons (Fsp3) is 0.600. The summed E-state index contributed by atoms with van der Waals surface area (Å²) in [5, 5.41) is 3.50. The van der Waals surface area contributed by atoms with Gasteiger partial charge in [0.15, 0.2) is 0 Å². The fourth-order valence-corrected chi connectivity index (χ4v) is 2.39. The van der Waals surface area contributed by atoms with Gasteiger partial charge in [-0.3, -0.25) is 0 Å². The molecule has 0 heterocycles. The normalized spacial score (nSPS) is 10.8. The van der Waals surface area contributed by atoms with Crippen molar-refractivity contribution in [3.05, 3.63) is 35.4 Å². The summed E-state index contributed by atoms with van der Waals surface area (Å²) in [4.78, 5) is 0. The number of hydrogen-bond acceptors (Lipinski definition) is 3. The molecule has 0 fully saturated rings. The Labute approximate surface area is 116 Å². The minimum Gasteiger partial charge on any atom is -0.380 e. The van der Waals surface area contributed by atoms with Gasteiger partial charge in [-0.2, -0.15) is 11.8 Å². The molecule has 1 rings (SSSR count). The van der Waals surface area contributed by atoms with Crippen molar-refractivity contribution in [2.45, 2.75) is 32.4 Å². The molecule has 0 bridgehead atoms. The summed E-state index contributed by atoms with van der Waals surface area (Å²) in [6.45, 7) is 2.77. The van der Waals surface area contributed by atoms with Gasteiger partial charge in [-0.05, 0) is 42.5 Å². The third-order valence-electron chi connectivity index (χ3n) is 2.83. The van der Waals surface area contributed by atoms with E-state index in [9.17, 15) is 0 Å². The molecule has 0 amide bonds. The first-order valence-electron chi connectivity index (χ1n) is 6.63. The molecule has 1 N–H and O–H groups in total. The van der Waals surface area contributed by atoms with Crippen LogP contribution in [-0.4, -0.2) is 25.7 Å². The summed E-state index contributed by atoms with van der Waals surface area (Å²) in [5.74, 6) is 1.29. The number of unbranched alkanes of at least 4 members (excludes halogenated alkanes) is 2. The third kappa shape index (κ3) is 7.04. The van der Waals surface area contributed by atoms with Gasteiger partial charge >= 0.3 is 0 Å². The van der Waals surface area contributed by atoms with Crippen LogP contribution in [-0.2, 0) is 17.9 Å². The average Bonchev–Trinajstić information content (AvgIpc) is 2.39. The van der Waals surface area contributed by atoms with E-state index in [1.54, 1.807) is 7.11 Å². The second-order valence-electron chi connectivity index (χ2n) is 4.48. The SMILES string of the molecule is COCc1cccc(CNCCCCCSC)c1. The minimum absolute atomic E-state index is 0.697. The van der Waals surface area contributed by atoms with Crippen molar-refractivity contribution in [1.82, 2.24) is 5.32 Å². The summed E-state index contributed by atoms with van der Waals surface area (Å²) < 4.78 is 5.14. The van der Waals surface area contributed by atoms with E-state index in [2.05, 4.69) is 35.8 Å². The molecule has 18 heavy (non-hydrogen) atoms. The number of ether oxygens (including phenoxy) is 1. The van der Waals surface area contributed by atoms with E-state index in [1.165, 1.54) is 36.1 Å². The van der Waals surface area contributed by atoms with Crippen LogP contribution in [0, 0.1) is 0 Å². The molecule has 0 aromatic heterocycles. The molecule has 0 radical (unpaired) electrons. The zero-order valence-corrected chi connectivity index (χ0v) is 12.4. The third-order valence-corrected chi connectivity index (χ3v) is 3.53. The van der Waals surface area contributed by atoms with Gasteiger partial charge in [-0.25, -0.2) is 0 Å². The lowest BCUT2D eigenvalue weighted by molar-refractivity contribution is 0.185. The Hall–Kier alpha value is -0.510. The first-order chi connectivity index (χ1) is 8.86. The zero-order chi connectivity index (χ0) is 13.1. The van der Waals surface area contributed by atoms with Crippen LogP contribution in [0.15, 0.2) is 24.3 Å². The minimum atomic E-state index is 0.697. The summed E-state index contributed by atoms with van der Waals surface area (Å²) in [7, 11) is 1.74. The molecule has 2 nitrogen and oxygen atoms in total. The molecule has 0 unspecified atom stereocenters. The Kier molecular flexibility index (Phi) is 9.00. The largest absolute Gasteiger partial charge is 0.380 e. The van der Waals surface area contributed by atoms with Crippen LogP contribution in [0.4, 0.5) is 0 Å². The number of hydrogen-bond donors (Lipinski definition) is 1. The van der Waals surface area contributed by atoms with Crippen LogP contribution in [0.25, 0.3) is 0 Å². The molecule has 1 aromatic carbocycles. The maximum absolute atomic E-state index is 5.14. The highest BCUT2D eigenvalue weighted by atomic mass is 32.2. The van der Waals surface area contributed by atoms with Crippen molar-refractivity contribution in [3.63, 3.8) is 0 Å². The number of benzene rings is 1. The Morgan fingerprint density at radius 1 is 1.17 bits per heavy atom. The molecule has 0 saturated heterocycles. The molecule has 0 spiro atoms. The lowest BCUT2D eigenvalue weighted by Crippen LogP contribution is -2.14. The molecule has 3 heteroatoms. The van der Waals surface area contributed by atoms with Crippen molar-refractivity contribution in [3.8, 4) is 0 Å². The lowest BCUT2D eigenvalue weighted by Gasteiger charge is -2.07. The summed E-state index contributed by atoms with van der Waals surface area (Å²) in [6.07, 6.45) is 6.12. The molecule has 1 aromatic rings. The topological polar surface area (TPSA) is 21.3 Å². The number of thioether (sulfide) groups is 1. The van der Waals surface area contributed by atoms with Gasteiger partial charge in [0.25, 0.3) is 0 Å². The fourth-order valence-electron chi connectivity index (χ4n) is 1.90. The van der Waals surface area contributed by atoms with E-state index >= 15 is 0 Å². The standard InChI is InChI=1S/C15H25NOS/c1-17-13-15-8-6-7-14(11-15)12-16-9-4-3-5-10-18-2/h6-8,11,16H,3-5,9-10,12-13H2,1-2H3. The quantitative estimate of drug-likeness (QED) is 0.656. The monoisotopic (exact) mass is 267 g/mol. The highest BCUT2D eigenvalue weighted by Gasteiger charge is 1.96. The van der Waals surface area contributed by atoms with E-state index in [0.717, 1.165) is 13.1 Å². The van der Waals surface area contributed by atoms with Gasteiger partial charge in [0.05, 0.1) is 6.61 Å². The van der Waals surface area contributed by atoms with Gasteiger partial charge in [-0.1, -0.05) is 30.7 Å². The second kappa shape index (κ2) is 10.4. The summed E-state index contributed by atoms with van der Waals surface area (Å²) in [6, 6.07) is 8.59. The predicted molar refractivity (Wildman–Crippen MR) is 81.1 cm³/mol. The number of rotatable bonds is 10. The van der Waals surface area contributed by atoms with Gasteiger partial charge in [0.2, 0.25) is 0 Å².